The number of nitrogens with one attached hydrogen (secondary N) is 1. The maximum Gasteiger partial charge on any atom is 0.416 e. The predicted molar refractivity (Wildman–Crippen MR) is 155 cm³/mol. The number of carbonyl (C=O) groups excluding carboxylic acids is 1. The van der Waals surface area contributed by atoms with E-state index >= 15 is 0 Å². The molecule has 0 aliphatic carbocycles. The van der Waals surface area contributed by atoms with Crippen molar-refractivity contribution in [2.75, 3.05) is 7.11 Å². The highest BCUT2D eigenvalue weighted by molar-refractivity contribution is 5.99. The van der Waals surface area contributed by atoms with Crippen molar-refractivity contribution >= 4 is 22.4 Å². The number of nitrogens with zero attached hydrogens (tertiary/aromatic N) is 3. The molecular weight excluding hydrogens is 541 g/mol. The molecule has 0 bridgehead atoms. The van der Waals surface area contributed by atoms with Crippen molar-refractivity contribution in [3.05, 3.63) is 125 Å². The third-order valence-corrected chi connectivity index (χ3v) is 6.87. The zero-order valence-corrected chi connectivity index (χ0v) is 23.1. The summed E-state index contributed by atoms with van der Waals surface area (Å²) in [5.41, 5.74) is 2.92. The number of methoxy groups -OCH3 is 1. The van der Waals surface area contributed by atoms with Crippen LogP contribution in [0.1, 0.15) is 40.0 Å². The number of benzene rings is 3. The van der Waals surface area contributed by atoms with E-state index in [0.717, 1.165) is 34.0 Å². The molecule has 1 amide bonds. The quantitative estimate of drug-likeness (QED) is 0.232. The minimum absolute atomic E-state index is 0.250. The number of halogens is 3. The first kappa shape index (κ1) is 28.5. The molecule has 0 spiro atoms. The Morgan fingerprint density at radius 3 is 2.50 bits per heavy atom. The predicted octanol–water partition coefficient (Wildman–Crippen LogP) is 7.36. The molecule has 1 atom stereocenters. The molecule has 0 saturated heterocycles. The second-order valence-corrected chi connectivity index (χ2v) is 9.75. The van der Waals surface area contributed by atoms with Gasteiger partial charge < -0.3 is 10.1 Å². The Hall–Kier alpha value is -5.05. The first-order valence-corrected chi connectivity index (χ1v) is 13.2. The number of fused-ring (bicyclic) bond motifs is 1. The third-order valence-electron chi connectivity index (χ3n) is 6.87. The number of ether oxygens (including phenoxy) is 1. The Bertz CT molecular complexity index is 1840. The molecule has 0 radical (unpaired) electrons. The summed E-state index contributed by atoms with van der Waals surface area (Å²) in [5.74, 6) is 0.139. The molecular formula is C33H27F3N4O2. The molecule has 2 heterocycles. The van der Waals surface area contributed by atoms with Crippen molar-refractivity contribution in [1.29, 1.82) is 0 Å². The van der Waals surface area contributed by atoms with Crippen LogP contribution in [0.25, 0.3) is 22.0 Å². The lowest BCUT2D eigenvalue weighted by Gasteiger charge is -2.17. The van der Waals surface area contributed by atoms with E-state index in [0.29, 0.717) is 28.2 Å². The van der Waals surface area contributed by atoms with Gasteiger partial charge in [0.2, 0.25) is 0 Å². The average molecular weight is 569 g/mol. The fourth-order valence-electron chi connectivity index (χ4n) is 4.64. The zero-order valence-electron chi connectivity index (χ0n) is 23.1. The number of rotatable bonds is 6. The molecule has 1 N–H and O–H groups in total. The molecule has 5 aromatic rings. The van der Waals surface area contributed by atoms with Crippen molar-refractivity contribution in [2.45, 2.75) is 26.1 Å². The van der Waals surface area contributed by atoms with Crippen LogP contribution in [0.5, 0.6) is 5.75 Å². The molecule has 42 heavy (non-hydrogen) atoms. The maximum atomic E-state index is 13.4. The Labute approximate surface area is 240 Å². The van der Waals surface area contributed by atoms with Crippen LogP contribution in [-0.4, -0.2) is 23.0 Å². The first-order valence-electron chi connectivity index (χ1n) is 13.2. The molecule has 9 heteroatoms. The van der Waals surface area contributed by atoms with Crippen molar-refractivity contribution in [1.82, 2.24) is 15.3 Å². The second-order valence-electron chi connectivity index (χ2n) is 9.75. The monoisotopic (exact) mass is 568 g/mol. The Morgan fingerprint density at radius 1 is 0.952 bits per heavy atom. The van der Waals surface area contributed by atoms with Gasteiger partial charge in [0.1, 0.15) is 5.75 Å². The van der Waals surface area contributed by atoms with E-state index in [2.05, 4.69) is 10.3 Å². The SMILES string of the molecule is COc1ccc2c(C)cc(-c3cccnc3)nc(=Nc3ccccc3C(=O)NC(C)c3cccc(C(F)(F)F)c3)c2c1. The van der Waals surface area contributed by atoms with Gasteiger partial charge in [-0.1, -0.05) is 30.3 Å². The van der Waals surface area contributed by atoms with Crippen molar-refractivity contribution in [3.8, 4) is 17.0 Å². The summed E-state index contributed by atoms with van der Waals surface area (Å²) in [4.78, 5) is 27.4. The van der Waals surface area contributed by atoms with Gasteiger partial charge >= 0.3 is 6.18 Å². The fourth-order valence-corrected chi connectivity index (χ4v) is 4.64. The lowest BCUT2D eigenvalue weighted by Crippen LogP contribution is -2.27. The molecule has 1 unspecified atom stereocenters. The van der Waals surface area contributed by atoms with Gasteiger partial charge in [-0.2, -0.15) is 13.2 Å². The number of aromatic nitrogens is 2. The van der Waals surface area contributed by atoms with Gasteiger partial charge in [-0.05, 0) is 85.0 Å². The second kappa shape index (κ2) is 11.8. The minimum Gasteiger partial charge on any atom is -0.497 e. The number of amides is 1. The average Bonchev–Trinajstić information content (AvgIpc) is 3.13. The number of alkyl halides is 3. The van der Waals surface area contributed by atoms with Crippen LogP contribution in [0.3, 0.4) is 0 Å². The lowest BCUT2D eigenvalue weighted by atomic mass is 10.0. The van der Waals surface area contributed by atoms with Gasteiger partial charge in [0.15, 0.2) is 5.49 Å². The summed E-state index contributed by atoms with van der Waals surface area (Å²) in [6, 6.07) is 22.3. The normalized spacial score (nSPS) is 12.7. The first-order chi connectivity index (χ1) is 20.1. The van der Waals surface area contributed by atoms with E-state index in [1.54, 1.807) is 56.8 Å². The lowest BCUT2D eigenvalue weighted by molar-refractivity contribution is -0.137. The van der Waals surface area contributed by atoms with Crippen molar-refractivity contribution < 1.29 is 22.7 Å². The van der Waals surface area contributed by atoms with Gasteiger partial charge in [-0.3, -0.25) is 9.78 Å². The van der Waals surface area contributed by atoms with Crippen LogP contribution in [0.15, 0.2) is 102 Å². The van der Waals surface area contributed by atoms with Crippen LogP contribution < -0.4 is 15.5 Å². The van der Waals surface area contributed by atoms with Gasteiger partial charge in [-0.25, -0.2) is 9.98 Å². The van der Waals surface area contributed by atoms with Gasteiger partial charge in [0.25, 0.3) is 5.91 Å². The van der Waals surface area contributed by atoms with Crippen LogP contribution in [-0.2, 0) is 6.18 Å². The number of carbonyl (C=O) groups is 1. The van der Waals surface area contributed by atoms with Gasteiger partial charge in [0.05, 0.1) is 35.7 Å². The van der Waals surface area contributed by atoms with Crippen LogP contribution in [0, 0.1) is 6.92 Å². The maximum absolute atomic E-state index is 13.4. The summed E-state index contributed by atoms with van der Waals surface area (Å²) in [7, 11) is 1.58. The molecule has 0 saturated carbocycles. The Kier molecular flexibility index (Phi) is 8.01. The van der Waals surface area contributed by atoms with Crippen molar-refractivity contribution in [3.63, 3.8) is 0 Å². The van der Waals surface area contributed by atoms with Gasteiger partial charge in [-0.15, -0.1) is 0 Å². The molecule has 0 aliphatic heterocycles. The zero-order chi connectivity index (χ0) is 29.9. The smallest absolute Gasteiger partial charge is 0.416 e. The molecule has 0 aliphatic rings. The topological polar surface area (TPSA) is 76.5 Å². The Balaban J connectivity index is 1.62. The molecule has 6 nitrogen and oxygen atoms in total. The third kappa shape index (κ3) is 6.15. The largest absolute Gasteiger partial charge is 0.497 e. The molecule has 0 fully saturated rings. The molecule has 212 valence electrons. The van der Waals surface area contributed by atoms with Crippen molar-refractivity contribution in [2.24, 2.45) is 4.99 Å². The minimum atomic E-state index is -4.48. The summed E-state index contributed by atoms with van der Waals surface area (Å²) in [5, 5.41) is 4.43. The standard InChI is InChI=1S/C33H27F3N4O2/c1-20-16-30(23-9-7-15-37-19-23)40-31(28-18-25(42-3)13-14-26(20)28)39-29-12-5-4-11-27(29)32(41)38-21(2)22-8-6-10-24(17-22)33(34,35)36/h4-19,21H,1-3H3,(H,38,41). The highest BCUT2D eigenvalue weighted by atomic mass is 19.4. The molecule has 2 aromatic heterocycles. The number of para-hydroxylation sites is 1. The summed E-state index contributed by atoms with van der Waals surface area (Å²) < 4.78 is 45.2. The van der Waals surface area contributed by atoms with Crippen LogP contribution >= 0.6 is 0 Å². The Morgan fingerprint density at radius 2 is 1.76 bits per heavy atom. The van der Waals surface area contributed by atoms with E-state index < -0.39 is 23.7 Å². The molecule has 5 rings (SSSR count). The number of hydrogen-bond acceptors (Lipinski definition) is 5. The highest BCUT2D eigenvalue weighted by Crippen LogP contribution is 2.31. The van der Waals surface area contributed by atoms with E-state index in [9.17, 15) is 18.0 Å². The fraction of sp³-hybridized carbons (Fsp3) is 0.152. The summed E-state index contributed by atoms with van der Waals surface area (Å²) in [6.07, 6.45) is -1.09. The van der Waals surface area contributed by atoms with Crippen LogP contribution in [0.4, 0.5) is 18.9 Å². The summed E-state index contributed by atoms with van der Waals surface area (Å²) >= 11 is 0. The van der Waals surface area contributed by atoms with E-state index in [4.69, 9.17) is 14.7 Å². The number of aryl methyl sites for hydroxylation is 1. The van der Waals surface area contributed by atoms with E-state index in [-0.39, 0.29) is 5.56 Å². The summed E-state index contributed by atoms with van der Waals surface area (Å²) in [6.45, 7) is 3.62. The molecule has 3 aromatic carbocycles. The highest BCUT2D eigenvalue weighted by Gasteiger charge is 2.30. The number of pyridine rings is 1. The number of hydrogen-bond donors (Lipinski definition) is 1. The van der Waals surface area contributed by atoms with E-state index in [1.807, 2.05) is 43.3 Å². The van der Waals surface area contributed by atoms with Gasteiger partial charge in [0, 0.05) is 23.3 Å². The van der Waals surface area contributed by atoms with Crippen LogP contribution in [0.2, 0.25) is 0 Å². The van der Waals surface area contributed by atoms with E-state index in [1.165, 1.54) is 6.07 Å².